The number of anilines is 2. The van der Waals surface area contributed by atoms with Gasteiger partial charge in [0.05, 0.1) is 5.69 Å². The summed E-state index contributed by atoms with van der Waals surface area (Å²) in [6, 6.07) is 7.74. The normalized spacial score (nSPS) is 26.9. The Morgan fingerprint density at radius 1 is 1.09 bits per heavy atom. The van der Waals surface area contributed by atoms with Crippen molar-refractivity contribution in [3.8, 4) is 0 Å². The van der Waals surface area contributed by atoms with Crippen LogP contribution < -0.4 is 10.2 Å². The van der Waals surface area contributed by atoms with Crippen LogP contribution >= 0.6 is 11.5 Å². The van der Waals surface area contributed by atoms with E-state index >= 15 is 0 Å². The van der Waals surface area contributed by atoms with Crippen LogP contribution in [0.15, 0.2) is 24.3 Å². The summed E-state index contributed by atoms with van der Waals surface area (Å²) in [7, 11) is 0. The minimum atomic E-state index is -0.179. The molecule has 3 aliphatic rings. The second-order valence-corrected chi connectivity index (χ2v) is 10.5. The smallest absolute Gasteiger partial charge is 0.242 e. The minimum Gasteiger partial charge on any atom is -0.361 e. The fourth-order valence-electron chi connectivity index (χ4n) is 6.02. The molecule has 2 bridgehead atoms. The van der Waals surface area contributed by atoms with Crippen LogP contribution in [-0.4, -0.2) is 38.3 Å². The molecule has 2 fully saturated rings. The van der Waals surface area contributed by atoms with Crippen LogP contribution in [0.25, 0.3) is 0 Å². The summed E-state index contributed by atoms with van der Waals surface area (Å²) in [6.45, 7) is 7.09. The fraction of sp³-hybridized carbons (Fsp3) is 0.542. The first-order valence-corrected chi connectivity index (χ1v) is 12.5. The van der Waals surface area contributed by atoms with E-state index < -0.39 is 0 Å². The van der Waals surface area contributed by atoms with Gasteiger partial charge in [0.15, 0.2) is 0 Å². The van der Waals surface area contributed by atoms with Gasteiger partial charge in [-0.2, -0.15) is 9.36 Å². The maximum Gasteiger partial charge on any atom is 0.242 e. The largest absolute Gasteiger partial charge is 0.361 e. The Balaban J connectivity index is 1.21. The Labute approximate surface area is 192 Å². The molecule has 1 N–H and O–H groups in total. The second kappa shape index (κ2) is 7.83. The van der Waals surface area contributed by atoms with Crippen molar-refractivity contribution in [2.24, 2.45) is 11.8 Å². The molecule has 1 unspecified atom stereocenters. The van der Waals surface area contributed by atoms with E-state index in [1.807, 2.05) is 13.0 Å². The maximum absolute atomic E-state index is 13.6. The molecule has 4 atom stereocenters. The van der Waals surface area contributed by atoms with Crippen molar-refractivity contribution in [1.29, 1.82) is 0 Å². The summed E-state index contributed by atoms with van der Waals surface area (Å²) in [4.78, 5) is 7.49. The fourth-order valence-corrected chi connectivity index (χ4v) is 6.80. The molecule has 32 heavy (non-hydrogen) atoms. The average Bonchev–Trinajstić information content (AvgIpc) is 3.44. The minimum absolute atomic E-state index is 0.179. The number of aromatic nitrogens is 4. The zero-order chi connectivity index (χ0) is 21.8. The first-order valence-electron chi connectivity index (χ1n) is 11.7. The third-order valence-corrected chi connectivity index (χ3v) is 8.48. The van der Waals surface area contributed by atoms with E-state index in [-0.39, 0.29) is 11.7 Å². The molecule has 168 valence electrons. The monoisotopic (exact) mass is 452 g/mol. The number of hydrogen-bond donors (Lipinski definition) is 1. The molecule has 2 aromatic heterocycles. The zero-order valence-corrected chi connectivity index (χ0v) is 19.4. The van der Waals surface area contributed by atoms with Gasteiger partial charge in [-0.15, -0.1) is 5.10 Å². The van der Waals surface area contributed by atoms with Crippen molar-refractivity contribution >= 4 is 22.5 Å². The highest BCUT2D eigenvalue weighted by atomic mass is 32.1. The van der Waals surface area contributed by atoms with Gasteiger partial charge in [-0.25, -0.2) is 9.07 Å². The predicted molar refractivity (Wildman–Crippen MR) is 125 cm³/mol. The van der Waals surface area contributed by atoms with E-state index in [4.69, 9.17) is 10.1 Å². The Kier molecular flexibility index (Phi) is 4.93. The summed E-state index contributed by atoms with van der Waals surface area (Å²) in [5, 5.41) is 9.87. The molecule has 8 heteroatoms. The van der Waals surface area contributed by atoms with Crippen LogP contribution in [0.4, 0.5) is 15.3 Å². The summed E-state index contributed by atoms with van der Waals surface area (Å²) in [6.07, 6.45) is 4.60. The number of aryl methyl sites for hydroxylation is 3. The van der Waals surface area contributed by atoms with Gasteiger partial charge in [0.2, 0.25) is 5.95 Å². The number of hydrogen-bond acceptors (Lipinski definition) is 6. The number of benzene rings is 1. The third-order valence-electron chi connectivity index (χ3n) is 7.54. The van der Waals surface area contributed by atoms with E-state index in [0.29, 0.717) is 17.9 Å². The van der Waals surface area contributed by atoms with Crippen LogP contribution in [0.2, 0.25) is 0 Å². The molecule has 6 rings (SSSR count). The molecule has 0 radical (unpaired) electrons. The second-order valence-electron chi connectivity index (χ2n) is 9.69. The van der Waals surface area contributed by atoms with Gasteiger partial charge in [-0.05, 0) is 92.2 Å². The van der Waals surface area contributed by atoms with Gasteiger partial charge in [-0.1, -0.05) is 6.07 Å². The molecule has 1 aromatic carbocycles. The first-order chi connectivity index (χ1) is 15.5. The zero-order valence-electron chi connectivity index (χ0n) is 18.6. The Hall–Kier alpha value is -2.48. The summed E-state index contributed by atoms with van der Waals surface area (Å²) >= 11 is 1.62. The number of piperidine rings is 1. The van der Waals surface area contributed by atoms with Gasteiger partial charge >= 0.3 is 0 Å². The van der Waals surface area contributed by atoms with Crippen LogP contribution in [0.1, 0.15) is 54.2 Å². The van der Waals surface area contributed by atoms with Crippen LogP contribution in [0.3, 0.4) is 0 Å². The molecular formula is C24H29FN6S. The molecule has 6 nitrogen and oxygen atoms in total. The Morgan fingerprint density at radius 2 is 1.91 bits per heavy atom. The molecule has 4 heterocycles. The van der Waals surface area contributed by atoms with Crippen LogP contribution in [0.5, 0.6) is 0 Å². The van der Waals surface area contributed by atoms with Crippen LogP contribution in [0, 0.1) is 31.5 Å². The highest BCUT2D eigenvalue weighted by Gasteiger charge is 2.43. The standard InChI is InChI=1S/C24H29FN6S/c1-14-10-18(25)7-8-19(14)20-4-3-9-31-23(20)27-24(28-31)26-22-16-5-6-17(22)13-30(12-16)21-11-15(2)29-32-21/h7-8,10-11,16-17,20,22H,3-6,9,12-13H2,1-2H3,(H,26,28)/t16-,17+,20?,22-. The van der Waals surface area contributed by atoms with Crippen molar-refractivity contribution in [1.82, 2.24) is 19.1 Å². The lowest BCUT2D eigenvalue weighted by molar-refractivity contribution is 0.377. The van der Waals surface area contributed by atoms with Gasteiger partial charge in [0.1, 0.15) is 16.6 Å². The van der Waals surface area contributed by atoms with Crippen molar-refractivity contribution in [2.45, 2.75) is 58.0 Å². The third kappa shape index (κ3) is 3.49. The van der Waals surface area contributed by atoms with Crippen molar-refractivity contribution < 1.29 is 4.39 Å². The number of halogens is 1. The number of fused-ring (bicyclic) bond motifs is 3. The lowest BCUT2D eigenvalue weighted by Crippen LogP contribution is -2.48. The van der Waals surface area contributed by atoms with E-state index in [0.717, 1.165) is 55.5 Å². The number of nitrogens with one attached hydrogen (secondary N) is 1. The van der Waals surface area contributed by atoms with Crippen molar-refractivity contribution in [3.05, 3.63) is 52.7 Å². The summed E-state index contributed by atoms with van der Waals surface area (Å²) < 4.78 is 20.2. The van der Waals surface area contributed by atoms with Crippen molar-refractivity contribution in [3.63, 3.8) is 0 Å². The Bertz CT molecular complexity index is 1130. The van der Waals surface area contributed by atoms with Gasteiger partial charge in [-0.3, -0.25) is 0 Å². The van der Waals surface area contributed by atoms with E-state index in [9.17, 15) is 4.39 Å². The molecule has 2 aliphatic heterocycles. The van der Waals surface area contributed by atoms with E-state index in [1.165, 1.54) is 23.4 Å². The lowest BCUT2D eigenvalue weighted by atomic mass is 9.88. The molecule has 1 saturated heterocycles. The highest BCUT2D eigenvalue weighted by molar-refractivity contribution is 7.10. The quantitative estimate of drug-likeness (QED) is 0.619. The molecule has 1 saturated carbocycles. The first kappa shape index (κ1) is 20.1. The Morgan fingerprint density at radius 3 is 2.62 bits per heavy atom. The summed E-state index contributed by atoms with van der Waals surface area (Å²) in [5.74, 6) is 2.98. The maximum atomic E-state index is 13.6. The van der Waals surface area contributed by atoms with E-state index in [1.54, 1.807) is 23.7 Å². The molecule has 0 spiro atoms. The van der Waals surface area contributed by atoms with E-state index in [2.05, 4.69) is 32.3 Å². The number of rotatable bonds is 4. The molecule has 3 aromatic rings. The average molecular weight is 453 g/mol. The molecule has 0 amide bonds. The summed E-state index contributed by atoms with van der Waals surface area (Å²) in [5.41, 5.74) is 3.26. The highest BCUT2D eigenvalue weighted by Crippen LogP contribution is 2.41. The van der Waals surface area contributed by atoms with Crippen molar-refractivity contribution in [2.75, 3.05) is 23.3 Å². The van der Waals surface area contributed by atoms with Crippen LogP contribution in [-0.2, 0) is 6.54 Å². The number of nitrogens with zero attached hydrogens (tertiary/aromatic N) is 5. The van der Waals surface area contributed by atoms with Gasteiger partial charge in [0.25, 0.3) is 0 Å². The predicted octanol–water partition coefficient (Wildman–Crippen LogP) is 4.74. The topological polar surface area (TPSA) is 58.9 Å². The molecular weight excluding hydrogens is 423 g/mol. The molecule has 1 aliphatic carbocycles. The van der Waals surface area contributed by atoms with Gasteiger partial charge in [0, 0.05) is 31.6 Å². The van der Waals surface area contributed by atoms with Gasteiger partial charge < -0.3 is 10.2 Å². The lowest BCUT2D eigenvalue weighted by Gasteiger charge is -2.38. The SMILES string of the molecule is Cc1cc(N2C[C@H]3CC[C@@H](C2)[C@@H]3Nc2nc3n(n2)CCCC3c2ccc(F)cc2C)sn1.